The van der Waals surface area contributed by atoms with Crippen LogP contribution in [-0.4, -0.2) is 0 Å². The molecule has 0 rings (SSSR count). The number of hydrogen-bond acceptors (Lipinski definition) is 0. The van der Waals surface area contributed by atoms with E-state index in [0.717, 1.165) is 0 Å². The molecular weight excluding hydrogens is 248 g/mol. The Bertz CT molecular complexity index is 7.22. The second kappa shape index (κ2) is 1030. The first kappa shape index (κ1) is 1400. The second-order valence-corrected chi connectivity index (χ2v) is 0. The van der Waals surface area contributed by atoms with Crippen LogP contribution in [0.4, 0.5) is 0 Å². The maximum atomic E-state index is 0. The quantitative estimate of drug-likeness (QED) is 0.295. The van der Waals surface area contributed by atoms with Gasteiger partial charge in [-0.15, -0.1) is 0 Å². The zero-order valence-corrected chi connectivity index (χ0v) is 7.15. The Morgan fingerprint density at radius 3 is 0.200 bits per heavy atom. The summed E-state index contributed by atoms with van der Waals surface area (Å²) in [5.74, 6) is 0. The third-order valence-corrected chi connectivity index (χ3v) is 0. The van der Waals surface area contributed by atoms with Crippen molar-refractivity contribution in [2.75, 3.05) is 0 Å². The summed E-state index contributed by atoms with van der Waals surface area (Å²) in [6.07, 6.45) is 0. The molecule has 0 aliphatic heterocycles. The van der Waals surface area contributed by atoms with E-state index < -0.39 is 0 Å². The van der Waals surface area contributed by atoms with Gasteiger partial charge in [0.1, 0.15) is 0 Å². The van der Waals surface area contributed by atoms with Gasteiger partial charge in [0.15, 0.2) is 0 Å². The molecule has 0 aromatic carbocycles. The summed E-state index contributed by atoms with van der Waals surface area (Å²) in [6, 6.07) is 0. The van der Waals surface area contributed by atoms with Crippen LogP contribution in [0, 0.1) is 0 Å². The standard InChI is InChI=1S/8FH.2Ti/h8*1H;;/q;;;;;;;;2*+4/p-8. The predicted octanol–water partition coefficient (Wildman–Crippen LogP) is -24.0. The molecule has 0 unspecified atom stereocenters. The third-order valence-electron chi connectivity index (χ3n) is 0. The molecule has 0 nitrogen and oxygen atoms in total. The first-order valence-corrected chi connectivity index (χ1v) is 0. The summed E-state index contributed by atoms with van der Waals surface area (Å²) >= 11 is 0. The van der Waals surface area contributed by atoms with E-state index in [-0.39, 0.29) is 81.1 Å². The van der Waals surface area contributed by atoms with Crippen molar-refractivity contribution in [1.82, 2.24) is 0 Å². The van der Waals surface area contributed by atoms with Crippen molar-refractivity contribution in [1.29, 1.82) is 0 Å². The zero-order valence-electron chi connectivity index (χ0n) is 4.02. The Hall–Kier alpha value is 0.869. The SMILES string of the molecule is [F-].[F-].[F-].[F-].[F-].[F-].[F-].[F-].[Ti+4].[Ti+4]. The van der Waals surface area contributed by atoms with Crippen LogP contribution in [0.3, 0.4) is 0 Å². The second-order valence-electron chi connectivity index (χ2n) is 0. The molecule has 0 atom stereocenters. The van der Waals surface area contributed by atoms with Crippen molar-refractivity contribution in [3.8, 4) is 0 Å². The molecule has 0 aliphatic rings. The number of rotatable bonds is 0. The number of halogens is 8. The molecule has 0 aliphatic carbocycles. The van der Waals surface area contributed by atoms with Crippen molar-refractivity contribution in [3.05, 3.63) is 0 Å². The molecule has 0 aromatic heterocycles. The minimum atomic E-state index is 0. The molecule has 64 valence electrons. The van der Waals surface area contributed by atoms with Gasteiger partial charge in [0.2, 0.25) is 0 Å². The summed E-state index contributed by atoms with van der Waals surface area (Å²) in [5, 5.41) is 0. The van der Waals surface area contributed by atoms with E-state index >= 15 is 0 Å². The predicted molar refractivity (Wildman–Crippen MR) is 0 cm³/mol. The maximum absolute atomic E-state index is 0. The van der Waals surface area contributed by atoms with E-state index in [9.17, 15) is 0 Å². The smallest absolute Gasteiger partial charge is 1.00 e. The van der Waals surface area contributed by atoms with E-state index in [2.05, 4.69) is 0 Å². The van der Waals surface area contributed by atoms with Crippen molar-refractivity contribution in [2.24, 2.45) is 0 Å². The molecule has 0 fully saturated rings. The largest absolute Gasteiger partial charge is 4.00 e. The van der Waals surface area contributed by atoms with E-state index in [0.29, 0.717) is 0 Å². The van der Waals surface area contributed by atoms with Crippen LogP contribution in [0.15, 0.2) is 0 Å². The average Bonchev–Trinajstić information content (AvgIpc) is 0. The summed E-state index contributed by atoms with van der Waals surface area (Å²) in [5.41, 5.74) is 0. The fourth-order valence-corrected chi connectivity index (χ4v) is 0. The summed E-state index contributed by atoms with van der Waals surface area (Å²) in [4.78, 5) is 0. The normalized spacial score (nSPS) is 0. The summed E-state index contributed by atoms with van der Waals surface area (Å²) in [7, 11) is 0. The maximum Gasteiger partial charge on any atom is 4.00 e. The van der Waals surface area contributed by atoms with Gasteiger partial charge < -0.3 is 37.6 Å². The van der Waals surface area contributed by atoms with E-state index in [4.69, 9.17) is 0 Å². The van der Waals surface area contributed by atoms with Gasteiger partial charge in [-0.3, -0.25) is 0 Å². The van der Waals surface area contributed by atoms with Crippen LogP contribution in [0.5, 0.6) is 0 Å². The summed E-state index contributed by atoms with van der Waals surface area (Å²) < 4.78 is 0. The van der Waals surface area contributed by atoms with E-state index in [1.165, 1.54) is 0 Å². The fraction of sp³-hybridized carbons (Fsp3) is 0. The van der Waals surface area contributed by atoms with E-state index in [1.54, 1.807) is 0 Å². The van der Waals surface area contributed by atoms with Gasteiger partial charge in [0, 0.05) is 0 Å². The van der Waals surface area contributed by atoms with Crippen molar-refractivity contribution < 1.29 is 81.1 Å². The Morgan fingerprint density at radius 2 is 0.200 bits per heavy atom. The van der Waals surface area contributed by atoms with Crippen molar-refractivity contribution in [2.45, 2.75) is 0 Å². The Labute approximate surface area is 81.2 Å². The van der Waals surface area contributed by atoms with Crippen LogP contribution in [0.2, 0.25) is 0 Å². The van der Waals surface area contributed by atoms with Gasteiger partial charge in [-0.05, 0) is 0 Å². The molecule has 0 saturated carbocycles. The molecule has 0 bridgehead atoms. The minimum Gasteiger partial charge on any atom is -1.00 e. The number of hydrogen-bond donors (Lipinski definition) is 0. The molecule has 0 amide bonds. The van der Waals surface area contributed by atoms with Gasteiger partial charge >= 0.3 is 43.4 Å². The molecule has 0 radical (unpaired) electrons. The molecule has 0 spiro atoms. The molecule has 0 aromatic rings. The molecular formula is F8Ti2. The average molecular weight is 248 g/mol. The molecule has 0 N–H and O–H groups in total. The van der Waals surface area contributed by atoms with Crippen molar-refractivity contribution >= 4 is 0 Å². The molecule has 10 heavy (non-hydrogen) atoms. The van der Waals surface area contributed by atoms with Crippen molar-refractivity contribution in [3.63, 3.8) is 0 Å². The minimum absolute atomic E-state index is 0. The van der Waals surface area contributed by atoms with Gasteiger partial charge in [0.05, 0.1) is 0 Å². The van der Waals surface area contributed by atoms with Crippen LogP contribution in [0.25, 0.3) is 0 Å². The monoisotopic (exact) mass is 248 g/mol. The fourth-order valence-electron chi connectivity index (χ4n) is 0. The van der Waals surface area contributed by atoms with Crippen LogP contribution < -0.4 is 37.6 Å². The van der Waals surface area contributed by atoms with Crippen LogP contribution in [0.1, 0.15) is 0 Å². The van der Waals surface area contributed by atoms with E-state index in [1.807, 2.05) is 0 Å². The topological polar surface area (TPSA) is 0 Å². The van der Waals surface area contributed by atoms with Gasteiger partial charge in [-0.25, -0.2) is 0 Å². The zero-order chi connectivity index (χ0) is 0. The molecule has 10 heteroatoms. The van der Waals surface area contributed by atoms with Crippen LogP contribution in [-0.2, 0) is 43.4 Å². The summed E-state index contributed by atoms with van der Waals surface area (Å²) in [6.45, 7) is 0. The Morgan fingerprint density at radius 1 is 0.200 bits per heavy atom. The molecule has 0 heterocycles. The van der Waals surface area contributed by atoms with Crippen LogP contribution >= 0.6 is 0 Å². The Balaban J connectivity index is 0. The first-order valence-electron chi connectivity index (χ1n) is 0. The van der Waals surface area contributed by atoms with Gasteiger partial charge in [-0.1, -0.05) is 0 Å². The van der Waals surface area contributed by atoms with Gasteiger partial charge in [-0.2, -0.15) is 0 Å². The van der Waals surface area contributed by atoms with Gasteiger partial charge in [0.25, 0.3) is 0 Å². The Kier molecular flexibility index (Phi) is 144000. The first-order chi connectivity index (χ1) is 0. The molecule has 0 saturated heterocycles. The third kappa shape index (κ3) is 728.